The number of benzene rings is 3. The first-order valence-electron chi connectivity index (χ1n) is 9.23. The molecule has 1 unspecified atom stereocenters. The van der Waals surface area contributed by atoms with E-state index >= 15 is 0 Å². The van der Waals surface area contributed by atoms with Gasteiger partial charge in [0, 0.05) is 15.7 Å². The van der Waals surface area contributed by atoms with Crippen LogP contribution in [0.3, 0.4) is 0 Å². The third kappa shape index (κ3) is 3.54. The number of carbonyl (C=O) groups excluding carboxylic acids is 1. The first kappa shape index (κ1) is 19.3. The van der Waals surface area contributed by atoms with Crippen LogP contribution >= 0.6 is 15.9 Å². The number of amides is 1. The van der Waals surface area contributed by atoms with Gasteiger partial charge in [0.15, 0.2) is 5.76 Å². The summed E-state index contributed by atoms with van der Waals surface area (Å²) in [7, 11) is 1.61. The lowest BCUT2D eigenvalue weighted by Crippen LogP contribution is -2.30. The zero-order valence-electron chi connectivity index (χ0n) is 16.1. The Morgan fingerprint density at radius 1 is 1.00 bits per heavy atom. The second-order valence-electron chi connectivity index (χ2n) is 6.96. The van der Waals surface area contributed by atoms with Crippen molar-refractivity contribution in [3.63, 3.8) is 0 Å². The van der Waals surface area contributed by atoms with Crippen LogP contribution in [0, 0.1) is 6.92 Å². The van der Waals surface area contributed by atoms with Gasteiger partial charge in [-0.05, 0) is 54.4 Å². The topological polar surface area (TPSA) is 49.8 Å². The summed E-state index contributed by atoms with van der Waals surface area (Å²) in [4.78, 5) is 14.8. The Balaban J connectivity index is 1.89. The minimum Gasteiger partial charge on any atom is -0.503 e. The molecular weight excluding hydrogens is 430 g/mol. The highest BCUT2D eigenvalue weighted by Gasteiger charge is 2.42. The van der Waals surface area contributed by atoms with Gasteiger partial charge in [-0.3, -0.25) is 9.69 Å². The first-order chi connectivity index (χ1) is 14.0. The van der Waals surface area contributed by atoms with Gasteiger partial charge in [0.2, 0.25) is 0 Å². The SMILES string of the molecule is COc1ccc(C2=C(O)C(=O)N(c3ccc(C)cc3)C2c2cccc(Br)c2)cc1. The van der Waals surface area contributed by atoms with E-state index in [-0.39, 0.29) is 5.76 Å². The molecule has 1 aliphatic heterocycles. The first-order valence-corrected chi connectivity index (χ1v) is 10.0. The monoisotopic (exact) mass is 449 g/mol. The summed E-state index contributed by atoms with van der Waals surface area (Å²) in [5.41, 5.74) is 4.10. The average molecular weight is 450 g/mol. The number of methoxy groups -OCH3 is 1. The van der Waals surface area contributed by atoms with E-state index in [9.17, 15) is 9.90 Å². The Kier molecular flexibility index (Phi) is 5.16. The van der Waals surface area contributed by atoms with Gasteiger partial charge >= 0.3 is 0 Å². The van der Waals surface area contributed by atoms with Crippen molar-refractivity contribution in [1.82, 2.24) is 0 Å². The van der Waals surface area contributed by atoms with Crippen LogP contribution in [0.2, 0.25) is 0 Å². The summed E-state index contributed by atoms with van der Waals surface area (Å²) in [5.74, 6) is 0.0675. The summed E-state index contributed by atoms with van der Waals surface area (Å²) < 4.78 is 6.16. The molecule has 0 aromatic heterocycles. The minimum atomic E-state index is -0.448. The number of anilines is 1. The summed E-state index contributed by atoms with van der Waals surface area (Å²) in [5, 5.41) is 10.9. The largest absolute Gasteiger partial charge is 0.503 e. The van der Waals surface area contributed by atoms with E-state index in [1.54, 1.807) is 12.0 Å². The molecule has 0 radical (unpaired) electrons. The van der Waals surface area contributed by atoms with Crippen LogP contribution in [-0.4, -0.2) is 18.1 Å². The van der Waals surface area contributed by atoms with E-state index in [4.69, 9.17) is 4.74 Å². The van der Waals surface area contributed by atoms with E-state index < -0.39 is 11.9 Å². The molecule has 0 saturated heterocycles. The molecule has 0 saturated carbocycles. The number of ether oxygens (including phenoxy) is 1. The van der Waals surface area contributed by atoms with Crippen LogP contribution in [0.15, 0.2) is 83.0 Å². The molecule has 1 atom stereocenters. The number of rotatable bonds is 4. The van der Waals surface area contributed by atoms with E-state index in [2.05, 4.69) is 15.9 Å². The highest BCUT2D eigenvalue weighted by atomic mass is 79.9. The number of hydrogen-bond acceptors (Lipinski definition) is 3. The predicted molar refractivity (Wildman–Crippen MR) is 118 cm³/mol. The maximum Gasteiger partial charge on any atom is 0.294 e. The van der Waals surface area contributed by atoms with Crippen molar-refractivity contribution in [1.29, 1.82) is 0 Å². The Hall–Kier alpha value is -3.05. The van der Waals surface area contributed by atoms with E-state index in [0.717, 1.165) is 26.9 Å². The maximum absolute atomic E-state index is 13.1. The second-order valence-corrected chi connectivity index (χ2v) is 7.87. The lowest BCUT2D eigenvalue weighted by Gasteiger charge is -2.27. The molecule has 0 fully saturated rings. The Morgan fingerprint density at radius 2 is 1.69 bits per heavy atom. The van der Waals surface area contributed by atoms with Gasteiger partial charge in [0.05, 0.1) is 13.2 Å². The highest BCUT2D eigenvalue weighted by Crippen LogP contribution is 2.45. The third-order valence-electron chi connectivity index (χ3n) is 5.09. The normalized spacial score (nSPS) is 16.4. The van der Waals surface area contributed by atoms with Crippen molar-refractivity contribution in [3.05, 3.63) is 99.7 Å². The predicted octanol–water partition coefficient (Wildman–Crippen LogP) is 5.82. The number of nitrogens with zero attached hydrogens (tertiary/aromatic N) is 1. The van der Waals surface area contributed by atoms with Crippen LogP contribution < -0.4 is 9.64 Å². The molecular formula is C24H20BrNO3. The molecule has 4 rings (SSSR count). The van der Waals surface area contributed by atoms with Crippen molar-refractivity contribution in [2.75, 3.05) is 12.0 Å². The van der Waals surface area contributed by atoms with Gasteiger partial charge in [-0.1, -0.05) is 57.9 Å². The van der Waals surface area contributed by atoms with E-state index in [1.165, 1.54) is 0 Å². The Labute approximate surface area is 178 Å². The number of aliphatic hydroxyl groups excluding tert-OH is 1. The fourth-order valence-electron chi connectivity index (χ4n) is 3.63. The number of halogens is 1. The summed E-state index contributed by atoms with van der Waals surface area (Å²) >= 11 is 3.52. The lowest BCUT2D eigenvalue weighted by molar-refractivity contribution is -0.117. The van der Waals surface area contributed by atoms with Crippen LogP contribution in [0.25, 0.3) is 5.57 Å². The Morgan fingerprint density at radius 3 is 2.31 bits per heavy atom. The standard InChI is InChI=1S/C24H20BrNO3/c1-15-6-10-19(11-7-15)26-22(17-4-3-5-18(25)14-17)21(23(27)24(26)28)16-8-12-20(29-2)13-9-16/h3-14,22,27H,1-2H3. The Bertz CT molecular complexity index is 1090. The van der Waals surface area contributed by atoms with Gasteiger partial charge < -0.3 is 9.84 Å². The van der Waals surface area contributed by atoms with Crippen LogP contribution in [0.4, 0.5) is 5.69 Å². The van der Waals surface area contributed by atoms with Gasteiger partial charge in [-0.2, -0.15) is 0 Å². The molecule has 3 aromatic rings. The maximum atomic E-state index is 13.1. The average Bonchev–Trinajstić information content (AvgIpc) is 3.00. The molecule has 5 heteroatoms. The molecule has 0 spiro atoms. The fourth-order valence-corrected chi connectivity index (χ4v) is 4.05. The van der Waals surface area contributed by atoms with Crippen LogP contribution in [0.1, 0.15) is 22.7 Å². The van der Waals surface area contributed by atoms with Crippen LogP contribution in [0.5, 0.6) is 5.75 Å². The smallest absolute Gasteiger partial charge is 0.294 e. The summed E-state index contributed by atoms with van der Waals surface area (Å²) in [6, 6.07) is 22.5. The molecule has 3 aromatic carbocycles. The fraction of sp³-hybridized carbons (Fsp3) is 0.125. The summed E-state index contributed by atoms with van der Waals surface area (Å²) in [6.07, 6.45) is 0. The van der Waals surface area contributed by atoms with Gasteiger partial charge in [0.25, 0.3) is 5.91 Å². The van der Waals surface area contributed by atoms with E-state index in [1.807, 2.05) is 79.7 Å². The van der Waals surface area contributed by atoms with Crippen molar-refractivity contribution in [2.45, 2.75) is 13.0 Å². The lowest BCUT2D eigenvalue weighted by atomic mass is 9.93. The molecule has 1 heterocycles. The zero-order chi connectivity index (χ0) is 20.5. The van der Waals surface area contributed by atoms with Gasteiger partial charge in [-0.15, -0.1) is 0 Å². The molecule has 1 N–H and O–H groups in total. The second kappa shape index (κ2) is 7.76. The zero-order valence-corrected chi connectivity index (χ0v) is 17.7. The van der Waals surface area contributed by atoms with E-state index in [0.29, 0.717) is 11.3 Å². The van der Waals surface area contributed by atoms with Crippen molar-refractivity contribution in [2.24, 2.45) is 0 Å². The van der Waals surface area contributed by atoms with Crippen molar-refractivity contribution >= 4 is 33.1 Å². The molecule has 1 aliphatic rings. The molecule has 0 bridgehead atoms. The van der Waals surface area contributed by atoms with Gasteiger partial charge in [-0.25, -0.2) is 0 Å². The van der Waals surface area contributed by atoms with Crippen LogP contribution in [-0.2, 0) is 4.79 Å². The number of aliphatic hydroxyl groups is 1. The molecule has 146 valence electrons. The number of hydrogen-bond donors (Lipinski definition) is 1. The molecule has 4 nitrogen and oxygen atoms in total. The third-order valence-corrected chi connectivity index (χ3v) is 5.58. The molecule has 29 heavy (non-hydrogen) atoms. The van der Waals surface area contributed by atoms with Crippen molar-refractivity contribution in [3.8, 4) is 5.75 Å². The highest BCUT2D eigenvalue weighted by molar-refractivity contribution is 9.10. The van der Waals surface area contributed by atoms with Crippen molar-refractivity contribution < 1.29 is 14.6 Å². The van der Waals surface area contributed by atoms with Gasteiger partial charge in [0.1, 0.15) is 5.75 Å². The molecule has 0 aliphatic carbocycles. The number of aryl methyl sites for hydroxylation is 1. The summed E-state index contributed by atoms with van der Waals surface area (Å²) in [6.45, 7) is 2.00. The molecule has 1 amide bonds. The quantitative estimate of drug-likeness (QED) is 0.545. The minimum absolute atomic E-state index is 0.235. The number of carbonyl (C=O) groups is 1.